The highest BCUT2D eigenvalue weighted by Crippen LogP contribution is 2.28. The summed E-state index contributed by atoms with van der Waals surface area (Å²) in [6.45, 7) is 4.02. The third-order valence-electron chi connectivity index (χ3n) is 2.86. The molecule has 2 rings (SSSR count). The summed E-state index contributed by atoms with van der Waals surface area (Å²) in [4.78, 5) is 0. The number of halogens is 2. The van der Waals surface area contributed by atoms with Gasteiger partial charge < -0.3 is 11.1 Å². The Balaban J connectivity index is 2.34. The van der Waals surface area contributed by atoms with Gasteiger partial charge in [-0.1, -0.05) is 11.6 Å². The lowest BCUT2D eigenvalue weighted by Gasteiger charge is -2.12. The van der Waals surface area contributed by atoms with Crippen molar-refractivity contribution in [3.63, 3.8) is 0 Å². The van der Waals surface area contributed by atoms with Crippen LogP contribution in [0.3, 0.4) is 0 Å². The summed E-state index contributed by atoms with van der Waals surface area (Å²) >= 11 is 5.73. The van der Waals surface area contributed by atoms with Gasteiger partial charge in [0.2, 0.25) is 0 Å². The maximum atomic E-state index is 13.0. The number of nitrogens with one attached hydrogen (secondary N) is 1. The van der Waals surface area contributed by atoms with Crippen molar-refractivity contribution in [2.24, 2.45) is 0 Å². The third-order valence-corrected chi connectivity index (χ3v) is 3.15. The maximum absolute atomic E-state index is 13.0. The molecule has 0 saturated heterocycles. The molecule has 0 aromatic heterocycles. The first kappa shape index (κ1) is 12.7. The standard InChI is InChI=1S/C14H14ClFN2/c1-8-5-13(17)14(6-9(8)2)18-10-3-4-12(16)11(15)7-10/h3-7,18H,17H2,1-2H3. The summed E-state index contributed by atoms with van der Waals surface area (Å²) < 4.78 is 13.0. The molecule has 4 heteroatoms. The Morgan fingerprint density at radius 2 is 1.78 bits per heavy atom. The van der Waals surface area contributed by atoms with Crippen LogP contribution < -0.4 is 11.1 Å². The van der Waals surface area contributed by atoms with E-state index in [-0.39, 0.29) is 5.02 Å². The molecule has 0 amide bonds. The van der Waals surface area contributed by atoms with Crippen molar-refractivity contribution < 1.29 is 4.39 Å². The number of hydrogen-bond acceptors (Lipinski definition) is 2. The molecular weight excluding hydrogens is 251 g/mol. The summed E-state index contributed by atoms with van der Waals surface area (Å²) in [7, 11) is 0. The quantitative estimate of drug-likeness (QED) is 0.788. The summed E-state index contributed by atoms with van der Waals surface area (Å²) in [6, 6.07) is 8.34. The smallest absolute Gasteiger partial charge is 0.141 e. The Hall–Kier alpha value is -1.74. The van der Waals surface area contributed by atoms with Gasteiger partial charge in [0, 0.05) is 5.69 Å². The fourth-order valence-corrected chi connectivity index (χ4v) is 1.86. The summed E-state index contributed by atoms with van der Waals surface area (Å²) in [5.41, 5.74) is 10.4. The predicted octanol–water partition coefficient (Wildman–Crippen LogP) is 4.42. The van der Waals surface area contributed by atoms with E-state index < -0.39 is 5.82 Å². The van der Waals surface area contributed by atoms with E-state index in [0.29, 0.717) is 11.4 Å². The number of rotatable bonds is 2. The average molecular weight is 265 g/mol. The monoisotopic (exact) mass is 264 g/mol. The molecule has 0 heterocycles. The van der Waals surface area contributed by atoms with Gasteiger partial charge in [-0.05, 0) is 55.3 Å². The van der Waals surface area contributed by atoms with Gasteiger partial charge in [-0.15, -0.1) is 0 Å². The SMILES string of the molecule is Cc1cc(N)c(Nc2ccc(F)c(Cl)c2)cc1C. The van der Waals surface area contributed by atoms with E-state index in [0.717, 1.165) is 16.8 Å². The molecule has 2 aromatic rings. The molecular formula is C14H14ClFN2. The molecule has 0 aliphatic carbocycles. The molecule has 94 valence electrons. The molecule has 0 atom stereocenters. The molecule has 0 spiro atoms. The van der Waals surface area contributed by atoms with Crippen LogP contribution in [0.4, 0.5) is 21.5 Å². The average Bonchev–Trinajstić information content (AvgIpc) is 2.31. The lowest BCUT2D eigenvalue weighted by atomic mass is 10.1. The summed E-state index contributed by atoms with van der Waals surface area (Å²) in [5.74, 6) is -0.435. The molecule has 2 aromatic carbocycles. The number of hydrogen-bond donors (Lipinski definition) is 2. The van der Waals surface area contributed by atoms with Gasteiger partial charge in [0.25, 0.3) is 0 Å². The minimum absolute atomic E-state index is 0.0856. The van der Waals surface area contributed by atoms with Crippen molar-refractivity contribution in [1.29, 1.82) is 0 Å². The predicted molar refractivity (Wildman–Crippen MR) is 75.0 cm³/mol. The molecule has 0 unspecified atom stereocenters. The van der Waals surface area contributed by atoms with Gasteiger partial charge in [0.05, 0.1) is 16.4 Å². The van der Waals surface area contributed by atoms with Crippen LogP contribution >= 0.6 is 11.6 Å². The van der Waals surface area contributed by atoms with E-state index in [1.165, 1.54) is 12.1 Å². The van der Waals surface area contributed by atoms with Gasteiger partial charge >= 0.3 is 0 Å². The van der Waals surface area contributed by atoms with Gasteiger partial charge in [-0.3, -0.25) is 0 Å². The molecule has 3 N–H and O–H groups in total. The van der Waals surface area contributed by atoms with E-state index in [1.54, 1.807) is 6.07 Å². The number of nitrogen functional groups attached to an aromatic ring is 1. The van der Waals surface area contributed by atoms with Gasteiger partial charge in [-0.25, -0.2) is 4.39 Å². The first-order valence-corrected chi connectivity index (χ1v) is 5.94. The first-order chi connectivity index (χ1) is 8.47. The second-order valence-corrected chi connectivity index (χ2v) is 4.68. The number of anilines is 3. The number of aryl methyl sites for hydroxylation is 2. The molecule has 0 radical (unpaired) electrons. The first-order valence-electron chi connectivity index (χ1n) is 5.56. The Kier molecular flexibility index (Phi) is 3.43. The molecule has 2 nitrogen and oxygen atoms in total. The van der Waals surface area contributed by atoms with Gasteiger partial charge in [-0.2, -0.15) is 0 Å². The van der Waals surface area contributed by atoms with Crippen LogP contribution in [-0.4, -0.2) is 0 Å². The Labute approximate surface area is 111 Å². The number of nitrogens with two attached hydrogens (primary N) is 1. The molecule has 18 heavy (non-hydrogen) atoms. The van der Waals surface area contributed by atoms with E-state index in [4.69, 9.17) is 17.3 Å². The normalized spacial score (nSPS) is 10.4. The van der Waals surface area contributed by atoms with Crippen molar-refractivity contribution in [3.05, 3.63) is 52.3 Å². The molecule has 0 aliphatic rings. The fraction of sp³-hybridized carbons (Fsp3) is 0.143. The van der Waals surface area contributed by atoms with E-state index in [1.807, 2.05) is 26.0 Å². The van der Waals surface area contributed by atoms with E-state index in [2.05, 4.69) is 5.32 Å². The van der Waals surface area contributed by atoms with Crippen molar-refractivity contribution in [3.8, 4) is 0 Å². The van der Waals surface area contributed by atoms with Crippen molar-refractivity contribution in [2.75, 3.05) is 11.1 Å². The van der Waals surface area contributed by atoms with Gasteiger partial charge in [0.15, 0.2) is 0 Å². The van der Waals surface area contributed by atoms with Crippen LogP contribution in [0.2, 0.25) is 5.02 Å². The lowest BCUT2D eigenvalue weighted by Crippen LogP contribution is -1.98. The highest BCUT2D eigenvalue weighted by atomic mass is 35.5. The highest BCUT2D eigenvalue weighted by molar-refractivity contribution is 6.31. The summed E-state index contributed by atoms with van der Waals surface area (Å²) in [6.07, 6.45) is 0. The van der Waals surface area contributed by atoms with Crippen molar-refractivity contribution in [2.45, 2.75) is 13.8 Å². The van der Waals surface area contributed by atoms with Crippen molar-refractivity contribution in [1.82, 2.24) is 0 Å². The Morgan fingerprint density at radius 1 is 1.11 bits per heavy atom. The topological polar surface area (TPSA) is 38.0 Å². The van der Waals surface area contributed by atoms with E-state index >= 15 is 0 Å². The zero-order valence-electron chi connectivity index (χ0n) is 10.2. The molecule has 0 fully saturated rings. The van der Waals surface area contributed by atoms with Gasteiger partial charge in [0.1, 0.15) is 5.82 Å². The fourth-order valence-electron chi connectivity index (χ4n) is 1.68. The molecule has 0 aliphatic heterocycles. The highest BCUT2D eigenvalue weighted by Gasteiger charge is 2.05. The maximum Gasteiger partial charge on any atom is 0.141 e. The molecule has 0 bridgehead atoms. The third kappa shape index (κ3) is 2.57. The minimum Gasteiger partial charge on any atom is -0.397 e. The van der Waals surface area contributed by atoms with E-state index in [9.17, 15) is 4.39 Å². The van der Waals surface area contributed by atoms with Crippen LogP contribution in [0.25, 0.3) is 0 Å². The van der Waals surface area contributed by atoms with Crippen LogP contribution in [0, 0.1) is 19.7 Å². The Morgan fingerprint density at radius 3 is 2.44 bits per heavy atom. The van der Waals surface area contributed by atoms with Crippen LogP contribution in [0.1, 0.15) is 11.1 Å². The lowest BCUT2D eigenvalue weighted by molar-refractivity contribution is 0.628. The minimum atomic E-state index is -0.435. The Bertz CT molecular complexity index is 597. The van der Waals surface area contributed by atoms with Crippen LogP contribution in [-0.2, 0) is 0 Å². The summed E-state index contributed by atoms with van der Waals surface area (Å²) in [5, 5.41) is 3.22. The zero-order valence-corrected chi connectivity index (χ0v) is 11.0. The van der Waals surface area contributed by atoms with Crippen LogP contribution in [0.15, 0.2) is 30.3 Å². The van der Waals surface area contributed by atoms with Crippen molar-refractivity contribution >= 4 is 28.7 Å². The largest absolute Gasteiger partial charge is 0.397 e. The second kappa shape index (κ2) is 4.86. The zero-order chi connectivity index (χ0) is 13.3. The molecule has 0 saturated carbocycles. The second-order valence-electron chi connectivity index (χ2n) is 4.28. The van der Waals surface area contributed by atoms with Crippen LogP contribution in [0.5, 0.6) is 0 Å². The number of benzene rings is 2.